The van der Waals surface area contributed by atoms with Crippen LogP contribution in [0, 0.1) is 0 Å². The Bertz CT molecular complexity index is 1270. The van der Waals surface area contributed by atoms with E-state index >= 15 is 0 Å². The average molecular weight is 383 g/mol. The van der Waals surface area contributed by atoms with E-state index in [0.717, 1.165) is 4.57 Å². The molecule has 1 amide bonds. The first-order valence-corrected chi connectivity index (χ1v) is 8.53. The highest BCUT2D eigenvalue weighted by molar-refractivity contribution is 6.02. The molecule has 10 heteroatoms. The van der Waals surface area contributed by atoms with Gasteiger partial charge in [-0.15, -0.1) is 0 Å². The van der Waals surface area contributed by atoms with Gasteiger partial charge in [-0.2, -0.15) is 0 Å². The number of nitrogens with one attached hydrogen (secondary N) is 1. The van der Waals surface area contributed by atoms with Gasteiger partial charge in [0.1, 0.15) is 5.75 Å². The number of fused-ring (bicyclic) bond motifs is 2. The highest BCUT2D eigenvalue weighted by Gasteiger charge is 2.24. The fourth-order valence-corrected chi connectivity index (χ4v) is 3.26. The van der Waals surface area contributed by atoms with Crippen LogP contribution >= 0.6 is 0 Å². The number of amides is 1. The van der Waals surface area contributed by atoms with Crippen molar-refractivity contribution in [2.75, 3.05) is 11.9 Å². The number of aryl methyl sites for hydroxylation is 1. The van der Waals surface area contributed by atoms with Gasteiger partial charge < -0.3 is 14.6 Å². The molecule has 0 radical (unpaired) electrons. The standard InChI is InChI=1S/C18H17N5O5/c1-9(15(25)10-4-5-12-11(6-10)20-13(24)7-28-12)23-8-19-16-14(23)17(26)22(3)18(27)21(16)2/h4-6,8-9H,7H2,1-3H3,(H,20,24)/t9-/m0/s1. The largest absolute Gasteiger partial charge is 0.482 e. The van der Waals surface area contributed by atoms with Gasteiger partial charge in [-0.3, -0.25) is 23.5 Å². The first-order chi connectivity index (χ1) is 13.3. The molecule has 3 aromatic rings. The molecule has 0 fully saturated rings. The number of ketones is 1. The van der Waals surface area contributed by atoms with Crippen LogP contribution in [0.2, 0.25) is 0 Å². The lowest BCUT2D eigenvalue weighted by Crippen LogP contribution is -2.38. The number of benzene rings is 1. The Balaban J connectivity index is 1.78. The minimum Gasteiger partial charge on any atom is -0.482 e. The van der Waals surface area contributed by atoms with Crippen LogP contribution in [0.1, 0.15) is 23.3 Å². The van der Waals surface area contributed by atoms with E-state index in [1.165, 1.54) is 35.6 Å². The van der Waals surface area contributed by atoms with Gasteiger partial charge >= 0.3 is 5.69 Å². The summed E-state index contributed by atoms with van der Waals surface area (Å²) in [6.45, 7) is 1.57. The normalized spacial score (nSPS) is 14.3. The Morgan fingerprint density at radius 3 is 2.71 bits per heavy atom. The van der Waals surface area contributed by atoms with Gasteiger partial charge in [0.2, 0.25) is 0 Å². The number of imidazole rings is 1. The van der Waals surface area contributed by atoms with E-state index in [2.05, 4.69) is 10.3 Å². The van der Waals surface area contributed by atoms with Gasteiger partial charge in [-0.1, -0.05) is 0 Å². The van der Waals surface area contributed by atoms with Gasteiger partial charge in [0, 0.05) is 19.7 Å². The summed E-state index contributed by atoms with van der Waals surface area (Å²) in [5, 5.41) is 2.66. The van der Waals surface area contributed by atoms with Crippen molar-refractivity contribution in [2.45, 2.75) is 13.0 Å². The minimum absolute atomic E-state index is 0.0697. The number of carbonyl (C=O) groups is 2. The zero-order chi connectivity index (χ0) is 20.2. The lowest BCUT2D eigenvalue weighted by Gasteiger charge is -2.19. The number of ether oxygens (including phenoxy) is 1. The Labute approximate surface area is 158 Å². The third-order valence-electron chi connectivity index (χ3n) is 4.87. The van der Waals surface area contributed by atoms with Crippen molar-refractivity contribution in [3.63, 3.8) is 0 Å². The third-order valence-corrected chi connectivity index (χ3v) is 4.87. The topological polar surface area (TPSA) is 117 Å². The molecule has 1 aromatic carbocycles. The van der Waals surface area contributed by atoms with Gasteiger partial charge in [0.15, 0.2) is 23.6 Å². The van der Waals surface area contributed by atoms with E-state index in [4.69, 9.17) is 4.74 Å². The van der Waals surface area contributed by atoms with Crippen LogP contribution in [0.4, 0.5) is 5.69 Å². The van der Waals surface area contributed by atoms with Crippen LogP contribution in [-0.2, 0) is 18.9 Å². The second kappa shape index (κ2) is 6.19. The summed E-state index contributed by atoms with van der Waals surface area (Å²) in [6, 6.07) is 4.00. The van der Waals surface area contributed by atoms with Gasteiger partial charge in [0.25, 0.3) is 11.5 Å². The van der Waals surface area contributed by atoms with Crippen molar-refractivity contribution in [3.05, 3.63) is 50.9 Å². The van der Waals surface area contributed by atoms with E-state index < -0.39 is 17.3 Å². The molecule has 2 aromatic heterocycles. The molecule has 1 N–H and O–H groups in total. The number of hydrogen-bond acceptors (Lipinski definition) is 6. The number of carbonyl (C=O) groups excluding carboxylic acids is 2. The van der Waals surface area contributed by atoms with E-state index in [-0.39, 0.29) is 29.5 Å². The monoisotopic (exact) mass is 383 g/mol. The maximum Gasteiger partial charge on any atom is 0.332 e. The molecule has 0 spiro atoms. The molecular weight excluding hydrogens is 366 g/mol. The quantitative estimate of drug-likeness (QED) is 0.646. The summed E-state index contributed by atoms with van der Waals surface area (Å²) in [5.74, 6) is -0.0891. The van der Waals surface area contributed by atoms with Crippen LogP contribution in [0.15, 0.2) is 34.1 Å². The van der Waals surface area contributed by atoms with Crippen LogP contribution in [-0.4, -0.2) is 37.0 Å². The lowest BCUT2D eigenvalue weighted by molar-refractivity contribution is -0.118. The smallest absolute Gasteiger partial charge is 0.332 e. The van der Waals surface area contributed by atoms with Crippen molar-refractivity contribution >= 4 is 28.5 Å². The summed E-state index contributed by atoms with van der Waals surface area (Å²) in [4.78, 5) is 53.3. The Kier molecular flexibility index (Phi) is 3.91. The van der Waals surface area contributed by atoms with E-state index in [9.17, 15) is 19.2 Å². The zero-order valence-corrected chi connectivity index (χ0v) is 15.4. The number of Topliss-reactive ketones (excluding diaryl/α,β-unsaturated/α-hetero) is 1. The first kappa shape index (κ1) is 17.7. The van der Waals surface area contributed by atoms with Gasteiger partial charge in [-0.05, 0) is 25.1 Å². The van der Waals surface area contributed by atoms with Crippen molar-refractivity contribution in [1.29, 1.82) is 0 Å². The summed E-state index contributed by atoms with van der Waals surface area (Å²) < 4.78 is 8.99. The van der Waals surface area contributed by atoms with Crippen molar-refractivity contribution < 1.29 is 14.3 Å². The zero-order valence-electron chi connectivity index (χ0n) is 15.4. The number of aromatic nitrogens is 4. The van der Waals surface area contributed by atoms with Gasteiger partial charge in [-0.25, -0.2) is 9.78 Å². The van der Waals surface area contributed by atoms with Crippen LogP contribution < -0.4 is 21.3 Å². The first-order valence-electron chi connectivity index (χ1n) is 8.53. The number of rotatable bonds is 3. The fourth-order valence-electron chi connectivity index (χ4n) is 3.26. The summed E-state index contributed by atoms with van der Waals surface area (Å²) >= 11 is 0. The Hall–Kier alpha value is -3.69. The number of anilines is 1. The molecule has 0 saturated heterocycles. The Morgan fingerprint density at radius 1 is 1.21 bits per heavy atom. The minimum atomic E-state index is -0.756. The maximum absolute atomic E-state index is 13.0. The molecule has 144 valence electrons. The molecule has 1 aliphatic heterocycles. The van der Waals surface area contributed by atoms with E-state index in [1.807, 2.05) is 0 Å². The molecule has 3 heterocycles. The molecule has 1 atom stereocenters. The summed E-state index contributed by atoms with van der Waals surface area (Å²) in [7, 11) is 2.89. The van der Waals surface area contributed by atoms with Crippen molar-refractivity contribution in [2.24, 2.45) is 14.1 Å². The van der Waals surface area contributed by atoms with Crippen LogP contribution in [0.25, 0.3) is 11.2 Å². The molecule has 0 unspecified atom stereocenters. The van der Waals surface area contributed by atoms with E-state index in [0.29, 0.717) is 17.0 Å². The number of hydrogen-bond donors (Lipinski definition) is 1. The molecule has 0 bridgehead atoms. The third kappa shape index (κ3) is 2.53. The summed E-state index contributed by atoms with van der Waals surface area (Å²) in [6.07, 6.45) is 1.37. The van der Waals surface area contributed by atoms with Crippen LogP contribution in [0.3, 0.4) is 0 Å². The van der Waals surface area contributed by atoms with Crippen molar-refractivity contribution in [3.8, 4) is 5.75 Å². The Morgan fingerprint density at radius 2 is 1.96 bits per heavy atom. The second-order valence-corrected chi connectivity index (χ2v) is 6.62. The molecule has 4 rings (SSSR count). The molecule has 10 nitrogen and oxygen atoms in total. The summed E-state index contributed by atoms with van der Waals surface area (Å²) in [5.41, 5.74) is 0.121. The predicted octanol–water partition coefficient (Wildman–Crippen LogP) is 0.208. The molecule has 0 aliphatic carbocycles. The molecule has 1 aliphatic rings. The predicted molar refractivity (Wildman–Crippen MR) is 99.8 cm³/mol. The molecule has 28 heavy (non-hydrogen) atoms. The average Bonchev–Trinajstić information content (AvgIpc) is 3.14. The highest BCUT2D eigenvalue weighted by Crippen LogP contribution is 2.30. The molecular formula is C18H17N5O5. The maximum atomic E-state index is 13.0. The van der Waals surface area contributed by atoms with E-state index in [1.54, 1.807) is 19.1 Å². The number of nitrogens with zero attached hydrogens (tertiary/aromatic N) is 4. The second-order valence-electron chi connectivity index (χ2n) is 6.62. The molecule has 0 saturated carbocycles. The van der Waals surface area contributed by atoms with Gasteiger partial charge in [0.05, 0.1) is 18.1 Å². The lowest BCUT2D eigenvalue weighted by atomic mass is 10.0. The highest BCUT2D eigenvalue weighted by atomic mass is 16.5. The van der Waals surface area contributed by atoms with Crippen LogP contribution in [0.5, 0.6) is 5.75 Å². The SMILES string of the molecule is C[C@@H](C(=O)c1ccc2c(c1)NC(=O)CO2)n1cnc2c1c(=O)n(C)c(=O)n2C. The van der Waals surface area contributed by atoms with Crippen molar-refractivity contribution in [1.82, 2.24) is 18.7 Å². The fraction of sp³-hybridized carbons (Fsp3) is 0.278.